The number of hydrogen-bond donors (Lipinski definition) is 0. The van der Waals surface area contributed by atoms with Gasteiger partial charge in [-0.15, -0.1) is 0 Å². The molecule has 6 heteroatoms. The van der Waals surface area contributed by atoms with Crippen LogP contribution in [-0.2, 0) is 11.8 Å². The number of carbonyl (C=O) groups is 1. The number of thioether (sulfide) groups is 1. The lowest BCUT2D eigenvalue weighted by molar-refractivity contribution is 0.0355. The molecule has 2 heterocycles. The number of rotatable bonds is 3. The van der Waals surface area contributed by atoms with E-state index in [-0.39, 0.29) is 18.0 Å². The zero-order valence-electron chi connectivity index (χ0n) is 10.8. The van der Waals surface area contributed by atoms with E-state index in [0.29, 0.717) is 16.4 Å². The van der Waals surface area contributed by atoms with Crippen LogP contribution >= 0.6 is 23.4 Å². The highest BCUT2D eigenvalue weighted by atomic mass is 35.5. The lowest BCUT2D eigenvalue weighted by Crippen LogP contribution is -2.18. The van der Waals surface area contributed by atoms with Crippen LogP contribution in [0.1, 0.15) is 42.2 Å². The molecule has 0 N–H and O–H groups in total. The van der Waals surface area contributed by atoms with E-state index in [2.05, 4.69) is 5.10 Å². The van der Waals surface area contributed by atoms with Crippen molar-refractivity contribution in [1.29, 1.82) is 0 Å². The zero-order valence-corrected chi connectivity index (χ0v) is 12.3. The van der Waals surface area contributed by atoms with Crippen molar-refractivity contribution in [1.82, 2.24) is 9.78 Å². The van der Waals surface area contributed by atoms with Gasteiger partial charge in [-0.1, -0.05) is 25.4 Å². The number of aromatic nitrogens is 2. The number of aryl methyl sites for hydroxylation is 1. The first-order chi connectivity index (χ1) is 8.50. The summed E-state index contributed by atoms with van der Waals surface area (Å²) in [5.41, 5.74) is 1.13. The smallest absolute Gasteiger partial charge is 0.343 e. The third kappa shape index (κ3) is 2.67. The molecule has 1 unspecified atom stereocenters. The van der Waals surface area contributed by atoms with Crippen LogP contribution in [0.3, 0.4) is 0 Å². The molecular weight excluding hydrogens is 272 g/mol. The van der Waals surface area contributed by atoms with Gasteiger partial charge in [0.25, 0.3) is 0 Å². The Bertz CT molecular complexity index is 453. The van der Waals surface area contributed by atoms with Crippen molar-refractivity contribution in [3.05, 3.63) is 16.4 Å². The van der Waals surface area contributed by atoms with E-state index in [4.69, 9.17) is 16.3 Å². The molecule has 0 aromatic carbocycles. The van der Waals surface area contributed by atoms with Crippen molar-refractivity contribution >= 4 is 29.3 Å². The quantitative estimate of drug-likeness (QED) is 0.802. The number of hydrogen-bond acceptors (Lipinski definition) is 4. The minimum Gasteiger partial charge on any atom is -0.458 e. The molecule has 0 saturated carbocycles. The van der Waals surface area contributed by atoms with Crippen molar-refractivity contribution in [3.8, 4) is 0 Å². The molecule has 1 atom stereocenters. The Kier molecular flexibility index (Phi) is 4.22. The monoisotopic (exact) mass is 288 g/mol. The first-order valence-corrected chi connectivity index (χ1v) is 7.55. The van der Waals surface area contributed by atoms with Gasteiger partial charge in [0.15, 0.2) is 0 Å². The van der Waals surface area contributed by atoms with E-state index < -0.39 is 0 Å². The average molecular weight is 289 g/mol. The molecule has 1 saturated heterocycles. The Morgan fingerprint density at radius 3 is 2.89 bits per heavy atom. The lowest BCUT2D eigenvalue weighted by atomic mass is 10.1. The SMILES string of the molecule is CC(C)c1nn(C)c(Cl)c1C(=O)OC1CCSC1. The molecule has 0 amide bonds. The summed E-state index contributed by atoms with van der Waals surface area (Å²) >= 11 is 7.94. The molecule has 18 heavy (non-hydrogen) atoms. The zero-order chi connectivity index (χ0) is 13.3. The molecule has 0 aliphatic carbocycles. The summed E-state index contributed by atoms with van der Waals surface area (Å²) in [6, 6.07) is 0. The maximum atomic E-state index is 12.2. The minimum atomic E-state index is -0.343. The summed E-state index contributed by atoms with van der Waals surface area (Å²) in [7, 11) is 1.73. The molecule has 0 spiro atoms. The fourth-order valence-electron chi connectivity index (χ4n) is 1.93. The van der Waals surface area contributed by atoms with E-state index in [9.17, 15) is 4.79 Å². The van der Waals surface area contributed by atoms with E-state index in [1.807, 2.05) is 25.6 Å². The largest absolute Gasteiger partial charge is 0.458 e. The van der Waals surface area contributed by atoms with Gasteiger partial charge in [-0.05, 0) is 18.1 Å². The fraction of sp³-hybridized carbons (Fsp3) is 0.667. The molecule has 1 aromatic heterocycles. The molecule has 100 valence electrons. The average Bonchev–Trinajstić information content (AvgIpc) is 2.88. The van der Waals surface area contributed by atoms with E-state index >= 15 is 0 Å². The van der Waals surface area contributed by atoms with Gasteiger partial charge >= 0.3 is 5.97 Å². The Balaban J connectivity index is 2.22. The number of halogens is 1. The Morgan fingerprint density at radius 2 is 2.33 bits per heavy atom. The Morgan fingerprint density at radius 1 is 1.61 bits per heavy atom. The molecule has 0 bridgehead atoms. The number of esters is 1. The highest BCUT2D eigenvalue weighted by molar-refractivity contribution is 7.99. The maximum Gasteiger partial charge on any atom is 0.343 e. The second kappa shape index (κ2) is 5.53. The molecule has 1 aliphatic rings. The number of ether oxygens (including phenoxy) is 1. The Labute approximate surface area is 116 Å². The van der Waals surface area contributed by atoms with Crippen LogP contribution in [0, 0.1) is 0 Å². The van der Waals surface area contributed by atoms with Gasteiger partial charge in [0.2, 0.25) is 0 Å². The van der Waals surface area contributed by atoms with Crippen molar-refractivity contribution in [2.24, 2.45) is 7.05 Å². The summed E-state index contributed by atoms with van der Waals surface area (Å²) in [4.78, 5) is 12.2. The summed E-state index contributed by atoms with van der Waals surface area (Å²) in [5, 5.41) is 4.64. The van der Waals surface area contributed by atoms with Crippen molar-refractivity contribution in [2.75, 3.05) is 11.5 Å². The highest BCUT2D eigenvalue weighted by Gasteiger charge is 2.28. The summed E-state index contributed by atoms with van der Waals surface area (Å²) in [6.45, 7) is 3.97. The highest BCUT2D eigenvalue weighted by Crippen LogP contribution is 2.28. The van der Waals surface area contributed by atoms with Gasteiger partial charge in [-0.25, -0.2) is 4.79 Å². The predicted octanol–water partition coefficient (Wildman–Crippen LogP) is 2.86. The van der Waals surface area contributed by atoms with E-state index in [1.54, 1.807) is 7.05 Å². The van der Waals surface area contributed by atoms with Gasteiger partial charge in [0.1, 0.15) is 16.8 Å². The summed E-state index contributed by atoms with van der Waals surface area (Å²) in [5.74, 6) is 1.73. The van der Waals surface area contributed by atoms with Gasteiger partial charge in [0.05, 0.1) is 5.69 Å². The second-order valence-electron chi connectivity index (χ2n) is 4.72. The van der Waals surface area contributed by atoms with Crippen molar-refractivity contribution in [2.45, 2.75) is 32.3 Å². The molecule has 1 aliphatic heterocycles. The third-order valence-electron chi connectivity index (χ3n) is 2.92. The maximum absolute atomic E-state index is 12.2. The topological polar surface area (TPSA) is 44.1 Å². The van der Waals surface area contributed by atoms with E-state index in [0.717, 1.165) is 17.9 Å². The standard InChI is InChI=1S/C12H17ClN2O2S/c1-7(2)10-9(11(13)15(3)14-10)12(16)17-8-4-5-18-6-8/h7-8H,4-6H2,1-3H3. The first-order valence-electron chi connectivity index (χ1n) is 6.01. The molecular formula is C12H17ClN2O2S. The van der Waals surface area contributed by atoms with Crippen LogP contribution in [0.2, 0.25) is 5.15 Å². The first kappa shape index (κ1) is 13.7. The summed E-state index contributed by atoms with van der Waals surface area (Å²) in [6.07, 6.45) is 0.935. The normalized spacial score (nSPS) is 19.5. The van der Waals surface area contributed by atoms with Crippen molar-refractivity contribution in [3.63, 3.8) is 0 Å². The lowest BCUT2D eigenvalue weighted by Gasteiger charge is -2.11. The van der Waals surface area contributed by atoms with E-state index in [1.165, 1.54) is 4.68 Å². The van der Waals surface area contributed by atoms with Crippen molar-refractivity contribution < 1.29 is 9.53 Å². The van der Waals surface area contributed by atoms with Gasteiger partial charge < -0.3 is 4.74 Å². The minimum absolute atomic E-state index is 0.0128. The second-order valence-corrected chi connectivity index (χ2v) is 6.23. The van der Waals surface area contributed by atoms with Gasteiger partial charge in [-0.2, -0.15) is 16.9 Å². The van der Waals surface area contributed by atoms with Crippen LogP contribution < -0.4 is 0 Å². The molecule has 0 radical (unpaired) electrons. The van der Waals surface area contributed by atoms with Crippen LogP contribution in [-0.4, -0.2) is 33.4 Å². The van der Waals surface area contributed by atoms with Crippen LogP contribution in [0.25, 0.3) is 0 Å². The third-order valence-corrected chi connectivity index (χ3v) is 4.48. The molecule has 2 rings (SSSR count). The number of carbonyl (C=O) groups excluding carboxylic acids is 1. The van der Waals surface area contributed by atoms with Crippen LogP contribution in [0.4, 0.5) is 0 Å². The molecule has 4 nitrogen and oxygen atoms in total. The molecule has 1 aromatic rings. The van der Waals surface area contributed by atoms with Crippen LogP contribution in [0.5, 0.6) is 0 Å². The Hall–Kier alpha value is -0.680. The van der Waals surface area contributed by atoms with Gasteiger partial charge in [0, 0.05) is 12.8 Å². The predicted molar refractivity (Wildman–Crippen MR) is 73.5 cm³/mol. The van der Waals surface area contributed by atoms with Gasteiger partial charge in [-0.3, -0.25) is 4.68 Å². The van der Waals surface area contributed by atoms with Crippen LogP contribution in [0.15, 0.2) is 0 Å². The fourth-order valence-corrected chi connectivity index (χ4v) is 3.24. The molecule has 1 fully saturated rings. The summed E-state index contributed by atoms with van der Waals surface area (Å²) < 4.78 is 7.01. The number of nitrogens with zero attached hydrogens (tertiary/aromatic N) is 2.